The molecule has 2 heteroatoms. The maximum atomic E-state index is 11.9. The zero-order valence-corrected chi connectivity index (χ0v) is 9.51. The van der Waals surface area contributed by atoms with Crippen LogP contribution in [0.25, 0.3) is 11.1 Å². The van der Waals surface area contributed by atoms with Crippen LogP contribution in [-0.4, -0.2) is 5.97 Å². The van der Waals surface area contributed by atoms with Gasteiger partial charge in [0.25, 0.3) is 0 Å². The molecule has 1 unspecified atom stereocenters. The molecule has 0 amide bonds. The lowest BCUT2D eigenvalue weighted by Crippen LogP contribution is -2.14. The quantitative estimate of drug-likeness (QED) is 0.506. The summed E-state index contributed by atoms with van der Waals surface area (Å²) in [4.78, 5) is 11.9. The number of hydrogen-bond donors (Lipinski definition) is 0. The fourth-order valence-electron chi connectivity index (χ4n) is 2.22. The highest BCUT2D eigenvalue weighted by atomic mass is 16.5. The summed E-state index contributed by atoms with van der Waals surface area (Å²) in [6, 6.07) is 15.6. The van der Waals surface area contributed by atoms with Crippen LogP contribution in [0.2, 0.25) is 0 Å². The first kappa shape index (κ1) is 10.1. The van der Waals surface area contributed by atoms with Crippen LogP contribution in [0.1, 0.15) is 18.4 Å². The zero-order valence-electron chi connectivity index (χ0n) is 9.51. The van der Waals surface area contributed by atoms with E-state index in [2.05, 4.69) is 0 Å². The lowest BCUT2D eigenvalue weighted by molar-refractivity contribution is -0.135. The van der Waals surface area contributed by atoms with E-state index in [4.69, 9.17) is 4.74 Å². The fourth-order valence-corrected chi connectivity index (χ4v) is 2.22. The molecule has 1 aliphatic heterocycles. The van der Waals surface area contributed by atoms with Crippen LogP contribution in [0.5, 0.6) is 5.75 Å². The number of benzene rings is 2. The van der Waals surface area contributed by atoms with E-state index in [1.54, 1.807) is 0 Å². The molecule has 0 aliphatic carbocycles. The molecule has 1 heterocycles. The van der Waals surface area contributed by atoms with Crippen molar-refractivity contribution >= 4 is 5.97 Å². The van der Waals surface area contributed by atoms with E-state index in [-0.39, 0.29) is 11.9 Å². The Kier molecular flexibility index (Phi) is 2.22. The highest BCUT2D eigenvalue weighted by molar-refractivity contribution is 5.89. The summed E-state index contributed by atoms with van der Waals surface area (Å²) in [6.45, 7) is 1.88. The number of rotatable bonds is 0. The molecule has 0 radical (unpaired) electrons. The molecule has 1 aliphatic rings. The van der Waals surface area contributed by atoms with E-state index in [9.17, 15) is 4.79 Å². The molecule has 2 aromatic carbocycles. The van der Waals surface area contributed by atoms with Gasteiger partial charge >= 0.3 is 5.97 Å². The van der Waals surface area contributed by atoms with E-state index in [1.807, 2.05) is 55.5 Å². The summed E-state index contributed by atoms with van der Waals surface area (Å²) in [7, 11) is 0. The molecule has 0 spiro atoms. The Labute approximate surface area is 99.9 Å². The lowest BCUT2D eigenvalue weighted by Gasteiger charge is -2.09. The van der Waals surface area contributed by atoms with Crippen LogP contribution in [0, 0.1) is 0 Å². The second-order valence-electron chi connectivity index (χ2n) is 4.23. The summed E-state index contributed by atoms with van der Waals surface area (Å²) in [6.07, 6.45) is 0. The molecule has 0 saturated carbocycles. The highest BCUT2D eigenvalue weighted by Crippen LogP contribution is 2.38. The predicted octanol–water partition coefficient (Wildman–Crippen LogP) is 3.38. The Balaban J connectivity index is 2.33. The average Bonchev–Trinajstić information content (AvgIpc) is 2.48. The predicted molar refractivity (Wildman–Crippen MR) is 65.9 cm³/mol. The highest BCUT2D eigenvalue weighted by Gasteiger charge is 2.26. The maximum Gasteiger partial charge on any atom is 0.318 e. The van der Waals surface area contributed by atoms with Crippen LogP contribution >= 0.6 is 0 Å². The number of ether oxygens (including phenoxy) is 1. The minimum absolute atomic E-state index is 0.192. The van der Waals surface area contributed by atoms with E-state index in [0.29, 0.717) is 5.75 Å². The SMILES string of the molecule is CC1C(=O)Oc2ccccc2-c2ccccc21. The molecule has 1 atom stereocenters. The van der Waals surface area contributed by atoms with Crippen molar-refractivity contribution in [2.45, 2.75) is 12.8 Å². The summed E-state index contributed by atoms with van der Waals surface area (Å²) < 4.78 is 5.41. The largest absolute Gasteiger partial charge is 0.425 e. The molecule has 3 rings (SSSR count). The van der Waals surface area contributed by atoms with Gasteiger partial charge in [-0.15, -0.1) is 0 Å². The van der Waals surface area contributed by atoms with E-state index in [1.165, 1.54) is 0 Å². The van der Waals surface area contributed by atoms with Gasteiger partial charge in [-0.25, -0.2) is 0 Å². The Morgan fingerprint density at radius 1 is 0.941 bits per heavy atom. The number of fused-ring (bicyclic) bond motifs is 3. The molecule has 0 fully saturated rings. The summed E-state index contributed by atoms with van der Waals surface area (Å²) >= 11 is 0. The first-order valence-electron chi connectivity index (χ1n) is 5.67. The zero-order chi connectivity index (χ0) is 11.8. The fraction of sp³-hybridized carbons (Fsp3) is 0.133. The van der Waals surface area contributed by atoms with Crippen molar-refractivity contribution < 1.29 is 9.53 Å². The van der Waals surface area contributed by atoms with Crippen LogP contribution in [0.4, 0.5) is 0 Å². The third-order valence-electron chi connectivity index (χ3n) is 3.17. The van der Waals surface area contributed by atoms with Gasteiger partial charge in [-0.1, -0.05) is 42.5 Å². The standard InChI is InChI=1S/C15H12O2/c1-10-11-6-2-3-7-12(11)13-8-4-5-9-14(13)17-15(10)16/h2-10H,1H3. The molecular formula is C15H12O2. The van der Waals surface area contributed by atoms with Gasteiger partial charge in [0.2, 0.25) is 0 Å². The van der Waals surface area contributed by atoms with Gasteiger partial charge in [0.05, 0.1) is 5.92 Å². The number of para-hydroxylation sites is 1. The third-order valence-corrected chi connectivity index (χ3v) is 3.17. The van der Waals surface area contributed by atoms with Crippen LogP contribution < -0.4 is 4.74 Å². The molecular weight excluding hydrogens is 212 g/mol. The topological polar surface area (TPSA) is 26.3 Å². The van der Waals surface area contributed by atoms with Crippen molar-refractivity contribution in [1.82, 2.24) is 0 Å². The number of carbonyl (C=O) groups excluding carboxylic acids is 1. The van der Waals surface area contributed by atoms with Gasteiger partial charge in [-0.3, -0.25) is 4.79 Å². The molecule has 2 aromatic rings. The monoisotopic (exact) mass is 224 g/mol. The van der Waals surface area contributed by atoms with Gasteiger partial charge in [0.15, 0.2) is 0 Å². The molecule has 2 nitrogen and oxygen atoms in total. The van der Waals surface area contributed by atoms with Crippen LogP contribution in [-0.2, 0) is 4.79 Å². The summed E-state index contributed by atoms with van der Waals surface area (Å²) in [5.74, 6) is 0.232. The molecule has 0 N–H and O–H groups in total. The Morgan fingerprint density at radius 3 is 2.41 bits per heavy atom. The van der Waals surface area contributed by atoms with Crippen LogP contribution in [0.3, 0.4) is 0 Å². The number of esters is 1. The smallest absolute Gasteiger partial charge is 0.318 e. The van der Waals surface area contributed by atoms with Crippen molar-refractivity contribution in [3.8, 4) is 16.9 Å². The molecule has 84 valence electrons. The second-order valence-corrected chi connectivity index (χ2v) is 4.23. The number of carbonyl (C=O) groups is 1. The average molecular weight is 224 g/mol. The summed E-state index contributed by atoms with van der Waals surface area (Å²) in [5.41, 5.74) is 3.10. The van der Waals surface area contributed by atoms with E-state index >= 15 is 0 Å². The minimum Gasteiger partial charge on any atom is -0.425 e. The third kappa shape index (κ3) is 1.53. The number of hydrogen-bond acceptors (Lipinski definition) is 2. The van der Waals surface area contributed by atoms with E-state index < -0.39 is 0 Å². The van der Waals surface area contributed by atoms with Crippen molar-refractivity contribution in [1.29, 1.82) is 0 Å². The van der Waals surface area contributed by atoms with Gasteiger partial charge in [0, 0.05) is 5.56 Å². The maximum absolute atomic E-state index is 11.9. The van der Waals surface area contributed by atoms with Gasteiger partial charge in [-0.05, 0) is 24.1 Å². The molecule has 0 saturated heterocycles. The van der Waals surface area contributed by atoms with Crippen LogP contribution in [0.15, 0.2) is 48.5 Å². The van der Waals surface area contributed by atoms with Crippen molar-refractivity contribution in [3.63, 3.8) is 0 Å². The van der Waals surface area contributed by atoms with Crippen molar-refractivity contribution in [2.24, 2.45) is 0 Å². The van der Waals surface area contributed by atoms with E-state index in [0.717, 1.165) is 16.7 Å². The van der Waals surface area contributed by atoms with Crippen molar-refractivity contribution in [2.75, 3.05) is 0 Å². The second kappa shape index (κ2) is 3.74. The normalized spacial score (nSPS) is 17.7. The Bertz CT molecular complexity index is 587. The first-order valence-corrected chi connectivity index (χ1v) is 5.67. The Hall–Kier alpha value is -2.09. The van der Waals surface area contributed by atoms with Crippen molar-refractivity contribution in [3.05, 3.63) is 54.1 Å². The van der Waals surface area contributed by atoms with Gasteiger partial charge < -0.3 is 4.74 Å². The first-order chi connectivity index (χ1) is 8.27. The molecule has 0 bridgehead atoms. The summed E-state index contributed by atoms with van der Waals surface area (Å²) in [5, 5.41) is 0. The molecule has 17 heavy (non-hydrogen) atoms. The van der Waals surface area contributed by atoms with Gasteiger partial charge in [-0.2, -0.15) is 0 Å². The minimum atomic E-state index is -0.224. The van der Waals surface area contributed by atoms with Gasteiger partial charge in [0.1, 0.15) is 5.75 Å². The lowest BCUT2D eigenvalue weighted by atomic mass is 9.92. The Morgan fingerprint density at radius 2 is 1.59 bits per heavy atom. The molecule has 0 aromatic heterocycles.